The molecule has 168 valence electrons. The average molecular weight is 704 g/mol. The fraction of sp³-hybridized carbons (Fsp3) is 0.0870. The van der Waals surface area contributed by atoms with Gasteiger partial charge in [-0.15, -0.1) is 0 Å². The Morgan fingerprint density at radius 3 is 2.76 bits per heavy atom. The Bertz CT molecular complexity index is 1360. The standard InChI is InChI=1S/C23H17ClI2N4O2S/c24-17-6-2-1-5-14(17)12-30-20-8-4-3-7-19(20)28-23(30)33-13-21(31)29-27-11-15-9-16(25)10-18(26)22(15)32/h1-11H,12-13H2,(H2,27,29,31,32)/p+1. The number of nitrogens with one attached hydrogen (secondary N) is 2. The van der Waals surface area contributed by atoms with Crippen LogP contribution in [0, 0.1) is 7.14 Å². The molecule has 3 N–H and O–H groups in total. The maximum Gasteiger partial charge on any atom is 0.317 e. The lowest BCUT2D eigenvalue weighted by Crippen LogP contribution is -2.36. The van der Waals surface area contributed by atoms with E-state index in [0.29, 0.717) is 17.1 Å². The van der Waals surface area contributed by atoms with E-state index in [1.54, 1.807) is 6.07 Å². The molecule has 0 aliphatic heterocycles. The van der Waals surface area contributed by atoms with E-state index in [1.807, 2.05) is 54.6 Å². The molecule has 1 aromatic heterocycles. The smallest absolute Gasteiger partial charge is 0.317 e. The summed E-state index contributed by atoms with van der Waals surface area (Å²) in [5.74, 6) is 0.0591. The van der Waals surface area contributed by atoms with Crippen molar-refractivity contribution in [3.05, 3.63) is 84.0 Å². The molecule has 4 rings (SSSR count). The van der Waals surface area contributed by atoms with Gasteiger partial charge in [0, 0.05) is 19.7 Å². The number of phenolic OH excluding ortho intramolecular Hbond substituents is 1. The molecule has 1 heterocycles. The highest BCUT2D eigenvalue weighted by atomic mass is 127. The molecule has 6 nitrogen and oxygen atoms in total. The SMILES string of the molecule is O=C(CSc1[nH]c2ccccc2[n+]1Cc1ccccc1Cl)N/N=C/c1cc(I)cc(I)c1O. The van der Waals surface area contributed by atoms with Crippen LogP contribution in [0.4, 0.5) is 0 Å². The first-order chi connectivity index (χ1) is 15.9. The number of carbonyl (C=O) groups is 1. The van der Waals surface area contributed by atoms with Crippen LogP contribution in [0.2, 0.25) is 5.02 Å². The van der Waals surface area contributed by atoms with E-state index in [9.17, 15) is 9.90 Å². The van der Waals surface area contributed by atoms with Gasteiger partial charge < -0.3 is 5.11 Å². The zero-order valence-electron chi connectivity index (χ0n) is 17.1. The minimum absolute atomic E-state index is 0.141. The van der Waals surface area contributed by atoms with Gasteiger partial charge in [-0.3, -0.25) is 4.79 Å². The summed E-state index contributed by atoms with van der Waals surface area (Å²) in [6.45, 7) is 0.580. The molecule has 1 amide bonds. The zero-order valence-corrected chi connectivity index (χ0v) is 22.9. The average Bonchev–Trinajstić information content (AvgIpc) is 3.14. The number of imidazole rings is 1. The van der Waals surface area contributed by atoms with E-state index in [0.717, 1.165) is 28.9 Å². The van der Waals surface area contributed by atoms with Crippen LogP contribution in [-0.4, -0.2) is 28.0 Å². The monoisotopic (exact) mass is 703 g/mol. The van der Waals surface area contributed by atoms with E-state index in [-0.39, 0.29) is 17.4 Å². The van der Waals surface area contributed by atoms with E-state index < -0.39 is 0 Å². The van der Waals surface area contributed by atoms with Crippen LogP contribution < -0.4 is 9.99 Å². The number of halogens is 3. The first kappa shape index (κ1) is 24.3. The number of amides is 1. The summed E-state index contributed by atoms with van der Waals surface area (Å²) in [5, 5.41) is 15.7. The lowest BCUT2D eigenvalue weighted by atomic mass is 10.2. The number of aromatic nitrogens is 2. The molecule has 0 atom stereocenters. The summed E-state index contributed by atoms with van der Waals surface area (Å²) in [6, 6.07) is 19.4. The summed E-state index contributed by atoms with van der Waals surface area (Å²) >= 11 is 12.0. The predicted octanol–water partition coefficient (Wildman–Crippen LogP) is 5.31. The Hall–Kier alpha value is -1.83. The number of rotatable bonds is 7. The zero-order chi connectivity index (χ0) is 23.4. The van der Waals surface area contributed by atoms with Crippen LogP contribution >= 0.6 is 68.5 Å². The van der Waals surface area contributed by atoms with Crippen molar-refractivity contribution < 1.29 is 14.5 Å². The second-order valence-corrected chi connectivity index (χ2v) is 10.8. The number of aromatic amines is 1. The third-order valence-electron chi connectivity index (χ3n) is 4.76. The first-order valence-corrected chi connectivity index (χ1v) is 13.3. The van der Waals surface area contributed by atoms with Crippen molar-refractivity contribution in [1.82, 2.24) is 10.4 Å². The normalized spacial score (nSPS) is 11.4. The first-order valence-electron chi connectivity index (χ1n) is 9.79. The molecule has 0 spiro atoms. The van der Waals surface area contributed by atoms with Gasteiger partial charge in [0.25, 0.3) is 5.91 Å². The lowest BCUT2D eigenvalue weighted by molar-refractivity contribution is -0.700. The van der Waals surface area contributed by atoms with Crippen LogP contribution in [-0.2, 0) is 11.3 Å². The maximum atomic E-state index is 12.4. The molecular formula is C23H18ClI2N4O2S+. The quantitative estimate of drug-likeness (QED) is 0.0803. The Kier molecular flexibility index (Phi) is 8.15. The van der Waals surface area contributed by atoms with E-state index in [2.05, 4.69) is 65.3 Å². The number of hydrazone groups is 1. The fourth-order valence-corrected chi connectivity index (χ4v) is 6.12. The molecule has 0 unspecified atom stereocenters. The molecule has 4 aromatic rings. The van der Waals surface area contributed by atoms with Gasteiger partial charge >= 0.3 is 5.16 Å². The van der Waals surface area contributed by atoms with Crippen LogP contribution in [0.5, 0.6) is 5.75 Å². The summed E-state index contributed by atoms with van der Waals surface area (Å²) in [6.07, 6.45) is 1.45. The molecule has 0 saturated carbocycles. The molecule has 0 aliphatic rings. The van der Waals surface area contributed by atoms with Gasteiger partial charge in [0.1, 0.15) is 12.3 Å². The Labute approximate surface area is 227 Å². The number of fused-ring (bicyclic) bond motifs is 1. The Morgan fingerprint density at radius 1 is 1.18 bits per heavy atom. The van der Waals surface area contributed by atoms with Crippen molar-refractivity contribution in [3.63, 3.8) is 0 Å². The summed E-state index contributed by atoms with van der Waals surface area (Å²) in [5.41, 5.74) is 6.09. The molecule has 3 aromatic carbocycles. The third kappa shape index (κ3) is 6.00. The Balaban J connectivity index is 1.47. The number of aromatic hydroxyl groups is 1. The second kappa shape index (κ2) is 11.1. The van der Waals surface area contributed by atoms with Crippen LogP contribution in [0.15, 0.2) is 70.9 Å². The highest BCUT2D eigenvalue weighted by Gasteiger charge is 2.21. The van der Waals surface area contributed by atoms with Gasteiger partial charge in [-0.1, -0.05) is 41.9 Å². The lowest BCUT2D eigenvalue weighted by Gasteiger charge is -2.05. The number of hydrogen-bond donors (Lipinski definition) is 3. The predicted molar refractivity (Wildman–Crippen MR) is 149 cm³/mol. The van der Waals surface area contributed by atoms with Crippen molar-refractivity contribution >= 4 is 91.7 Å². The van der Waals surface area contributed by atoms with Crippen LogP contribution in [0.1, 0.15) is 11.1 Å². The van der Waals surface area contributed by atoms with Crippen LogP contribution in [0.25, 0.3) is 11.0 Å². The highest BCUT2D eigenvalue weighted by Crippen LogP contribution is 2.25. The van der Waals surface area contributed by atoms with Crippen molar-refractivity contribution in [2.45, 2.75) is 11.7 Å². The molecule has 0 bridgehead atoms. The number of benzene rings is 3. The van der Waals surface area contributed by atoms with E-state index in [1.165, 1.54) is 18.0 Å². The minimum Gasteiger partial charge on any atom is -0.506 e. The number of para-hydroxylation sites is 2. The van der Waals surface area contributed by atoms with Gasteiger partial charge in [0.05, 0.1) is 15.5 Å². The fourth-order valence-electron chi connectivity index (χ4n) is 3.20. The number of thioether (sulfide) groups is 1. The Morgan fingerprint density at radius 2 is 1.94 bits per heavy atom. The van der Waals surface area contributed by atoms with Crippen molar-refractivity contribution in [3.8, 4) is 5.75 Å². The van der Waals surface area contributed by atoms with E-state index in [4.69, 9.17) is 11.6 Å². The van der Waals surface area contributed by atoms with Gasteiger partial charge in [0.15, 0.2) is 11.0 Å². The van der Waals surface area contributed by atoms with E-state index >= 15 is 0 Å². The summed E-state index contributed by atoms with van der Waals surface area (Å²) in [4.78, 5) is 15.8. The molecule has 0 fully saturated rings. The maximum absolute atomic E-state index is 12.4. The van der Waals surface area contributed by atoms with Gasteiger partial charge in [-0.25, -0.2) is 15.0 Å². The molecular weight excluding hydrogens is 686 g/mol. The third-order valence-corrected chi connectivity index (χ3v) is 7.57. The largest absolute Gasteiger partial charge is 0.506 e. The number of phenols is 1. The highest BCUT2D eigenvalue weighted by molar-refractivity contribution is 14.1. The number of carbonyl (C=O) groups excluding carboxylic acids is 1. The molecule has 10 heteroatoms. The van der Waals surface area contributed by atoms with Gasteiger partial charge in [0.2, 0.25) is 0 Å². The van der Waals surface area contributed by atoms with Crippen LogP contribution in [0.3, 0.4) is 0 Å². The van der Waals surface area contributed by atoms with Crippen molar-refractivity contribution in [2.75, 3.05) is 5.75 Å². The molecule has 0 aliphatic carbocycles. The van der Waals surface area contributed by atoms with Crippen molar-refractivity contribution in [2.24, 2.45) is 5.10 Å². The molecule has 0 radical (unpaired) electrons. The van der Waals surface area contributed by atoms with Gasteiger partial charge in [-0.2, -0.15) is 5.10 Å². The second-order valence-electron chi connectivity index (χ2n) is 7.03. The number of H-pyrrole nitrogens is 1. The van der Waals surface area contributed by atoms with Gasteiger partial charge in [-0.05, 0) is 87.3 Å². The molecule has 33 heavy (non-hydrogen) atoms. The van der Waals surface area contributed by atoms with Crippen molar-refractivity contribution in [1.29, 1.82) is 0 Å². The minimum atomic E-state index is -0.251. The topological polar surface area (TPSA) is 81.4 Å². The summed E-state index contributed by atoms with van der Waals surface area (Å²) < 4.78 is 3.81. The summed E-state index contributed by atoms with van der Waals surface area (Å²) in [7, 11) is 0. The number of nitrogens with zero attached hydrogens (tertiary/aromatic N) is 2. The number of hydrogen-bond acceptors (Lipinski definition) is 4. The molecule has 0 saturated heterocycles.